The summed E-state index contributed by atoms with van der Waals surface area (Å²) in [5, 5.41) is 0. The van der Waals surface area contributed by atoms with Crippen molar-refractivity contribution in [2.24, 2.45) is 29.1 Å². The first-order valence-corrected chi connectivity index (χ1v) is 13.2. The number of hydrogen-bond acceptors (Lipinski definition) is 4. The molecule has 1 aromatic carbocycles. The number of hydrogen-bond donors (Lipinski definition) is 0. The lowest BCUT2D eigenvalue weighted by molar-refractivity contribution is -0.284. The van der Waals surface area contributed by atoms with Gasteiger partial charge in [0.1, 0.15) is 11.7 Å². The quantitative estimate of drug-likeness (QED) is 0.389. The Kier molecular flexibility index (Phi) is 4.42. The van der Waals surface area contributed by atoms with Gasteiger partial charge in [-0.25, -0.2) is 0 Å². The molecular formula is C29H38O4. The normalized spacial score (nSPS) is 43.7. The first-order chi connectivity index (χ1) is 16.1. The molecule has 4 nitrogen and oxygen atoms in total. The van der Waals surface area contributed by atoms with E-state index in [1.54, 1.807) is 7.11 Å². The van der Waals surface area contributed by atoms with Gasteiger partial charge < -0.3 is 18.9 Å². The molecule has 5 saturated carbocycles. The Morgan fingerprint density at radius 1 is 1.15 bits per heavy atom. The highest BCUT2D eigenvalue weighted by Crippen LogP contribution is 2.79. The van der Waals surface area contributed by atoms with Crippen LogP contribution in [0, 0.1) is 29.1 Å². The molecule has 5 fully saturated rings. The fraction of sp³-hybridized carbons (Fsp3) is 0.724. The first-order valence-electron chi connectivity index (χ1n) is 13.2. The molecule has 0 N–H and O–H groups in total. The van der Waals surface area contributed by atoms with Crippen LogP contribution >= 0.6 is 0 Å². The van der Waals surface area contributed by atoms with Gasteiger partial charge in [0.25, 0.3) is 0 Å². The van der Waals surface area contributed by atoms with E-state index in [4.69, 9.17) is 18.9 Å². The topological polar surface area (TPSA) is 36.9 Å². The molecule has 7 unspecified atom stereocenters. The van der Waals surface area contributed by atoms with Crippen LogP contribution in [0.2, 0.25) is 0 Å². The third kappa shape index (κ3) is 2.40. The second kappa shape index (κ2) is 7.01. The predicted molar refractivity (Wildman–Crippen MR) is 127 cm³/mol. The minimum Gasteiger partial charge on any atom is -0.493 e. The smallest absolute Gasteiger partial charge is 0.165 e. The van der Waals surface area contributed by atoms with E-state index in [0.717, 1.165) is 42.3 Å². The van der Waals surface area contributed by atoms with Crippen LogP contribution < -0.4 is 9.47 Å². The average Bonchev–Trinajstić information content (AvgIpc) is 3.58. The molecule has 7 aliphatic rings. The van der Waals surface area contributed by atoms with Crippen LogP contribution in [-0.2, 0) is 21.3 Å². The highest BCUT2D eigenvalue weighted by Gasteiger charge is 2.80. The van der Waals surface area contributed by atoms with Gasteiger partial charge in [-0.15, -0.1) is 6.58 Å². The zero-order valence-electron chi connectivity index (χ0n) is 20.2. The molecule has 7 atom stereocenters. The number of rotatable bonds is 8. The Bertz CT molecular complexity index is 984. The number of fused-ring (bicyclic) bond motifs is 2. The molecule has 2 spiro atoms. The summed E-state index contributed by atoms with van der Waals surface area (Å²) in [6, 6.07) is 4.51. The molecule has 4 bridgehead atoms. The first kappa shape index (κ1) is 20.8. The van der Waals surface area contributed by atoms with Gasteiger partial charge in [0, 0.05) is 24.0 Å². The van der Waals surface area contributed by atoms with Crippen molar-refractivity contribution >= 4 is 0 Å². The second-order valence-electron chi connectivity index (χ2n) is 11.9. The van der Waals surface area contributed by atoms with Gasteiger partial charge in [-0.05, 0) is 79.7 Å². The highest BCUT2D eigenvalue weighted by atomic mass is 16.6. The van der Waals surface area contributed by atoms with Crippen LogP contribution in [-0.4, -0.2) is 39.1 Å². The lowest BCUT2D eigenvalue weighted by Crippen LogP contribution is -2.78. The number of benzene rings is 1. The Balaban J connectivity index is 1.41. The molecule has 4 heteroatoms. The third-order valence-corrected chi connectivity index (χ3v) is 11.0. The summed E-state index contributed by atoms with van der Waals surface area (Å²) in [7, 11) is 3.70. The van der Waals surface area contributed by atoms with Gasteiger partial charge in [0.05, 0.1) is 20.3 Å². The molecule has 33 heavy (non-hydrogen) atoms. The van der Waals surface area contributed by atoms with Crippen LogP contribution in [0.15, 0.2) is 24.8 Å². The summed E-state index contributed by atoms with van der Waals surface area (Å²) in [5.74, 6) is 4.88. The number of methoxy groups -OCH3 is 2. The molecule has 6 aliphatic carbocycles. The third-order valence-electron chi connectivity index (χ3n) is 11.0. The lowest BCUT2D eigenvalue weighted by atomic mass is 9.31. The van der Waals surface area contributed by atoms with Crippen molar-refractivity contribution < 1.29 is 18.9 Å². The van der Waals surface area contributed by atoms with Gasteiger partial charge in [0.15, 0.2) is 11.5 Å². The molecule has 1 aromatic rings. The van der Waals surface area contributed by atoms with Crippen molar-refractivity contribution in [3.63, 3.8) is 0 Å². The van der Waals surface area contributed by atoms with Crippen molar-refractivity contribution in [3.05, 3.63) is 35.9 Å². The van der Waals surface area contributed by atoms with E-state index in [1.807, 2.05) is 13.2 Å². The maximum Gasteiger partial charge on any atom is 0.165 e. The minimum atomic E-state index is -0.296. The molecule has 1 aliphatic heterocycles. The van der Waals surface area contributed by atoms with Crippen LogP contribution in [0.4, 0.5) is 0 Å². The standard InChI is InChI=1S/C29H38O4/c1-4-13-32-17-21-16-27-11-12-29(21,31-3)26-28(27)10-9-19(14-18-5-6-18)22(27)15-20-7-8-23(30-2)25(33-26)24(20)28/h4,7-8,18-19,21-22,26H,1,5-6,9-17H2,2-3H3. The molecule has 0 amide bonds. The molecule has 178 valence electrons. The highest BCUT2D eigenvalue weighted by molar-refractivity contribution is 5.63. The molecule has 1 heterocycles. The second-order valence-corrected chi connectivity index (χ2v) is 11.9. The largest absolute Gasteiger partial charge is 0.493 e. The Hall–Kier alpha value is -1.52. The van der Waals surface area contributed by atoms with E-state index in [-0.39, 0.29) is 17.1 Å². The van der Waals surface area contributed by atoms with Gasteiger partial charge >= 0.3 is 0 Å². The van der Waals surface area contributed by atoms with E-state index < -0.39 is 0 Å². The van der Waals surface area contributed by atoms with Crippen molar-refractivity contribution in [1.82, 2.24) is 0 Å². The Labute approximate surface area is 198 Å². The maximum absolute atomic E-state index is 7.06. The van der Waals surface area contributed by atoms with Crippen molar-refractivity contribution in [2.75, 3.05) is 27.4 Å². The fourth-order valence-electron chi connectivity index (χ4n) is 9.78. The number of ether oxygens (including phenoxy) is 4. The summed E-state index contributed by atoms with van der Waals surface area (Å²) in [4.78, 5) is 0. The zero-order chi connectivity index (χ0) is 22.4. The van der Waals surface area contributed by atoms with Crippen LogP contribution in [0.1, 0.15) is 62.5 Å². The van der Waals surface area contributed by atoms with E-state index in [9.17, 15) is 0 Å². The molecule has 0 saturated heterocycles. The lowest BCUT2D eigenvalue weighted by Gasteiger charge is -2.73. The Morgan fingerprint density at radius 3 is 2.79 bits per heavy atom. The average molecular weight is 451 g/mol. The van der Waals surface area contributed by atoms with E-state index in [2.05, 4.69) is 18.7 Å². The van der Waals surface area contributed by atoms with Gasteiger partial charge in [0.2, 0.25) is 0 Å². The summed E-state index contributed by atoms with van der Waals surface area (Å²) in [5.41, 5.74) is 3.10. The van der Waals surface area contributed by atoms with Crippen molar-refractivity contribution in [3.8, 4) is 11.5 Å². The van der Waals surface area contributed by atoms with Crippen LogP contribution in [0.25, 0.3) is 0 Å². The SMILES string of the molecule is C=CCOCC1CC23CCC1(OC)C1Oc4c(OC)ccc5c4C12CCC(CC1CC1)C3C5. The van der Waals surface area contributed by atoms with E-state index >= 15 is 0 Å². The fourth-order valence-corrected chi connectivity index (χ4v) is 9.78. The Morgan fingerprint density at radius 2 is 2.03 bits per heavy atom. The molecule has 0 radical (unpaired) electrons. The van der Waals surface area contributed by atoms with Crippen molar-refractivity contribution in [1.29, 1.82) is 0 Å². The van der Waals surface area contributed by atoms with Crippen molar-refractivity contribution in [2.45, 2.75) is 74.9 Å². The molecule has 8 rings (SSSR count). The summed E-state index contributed by atoms with van der Waals surface area (Å²) < 4.78 is 25.6. The summed E-state index contributed by atoms with van der Waals surface area (Å²) in [6.45, 7) is 5.20. The maximum atomic E-state index is 7.06. The van der Waals surface area contributed by atoms with Gasteiger partial charge in [-0.3, -0.25) is 0 Å². The van der Waals surface area contributed by atoms with Gasteiger partial charge in [-0.2, -0.15) is 0 Å². The summed E-state index contributed by atoms with van der Waals surface area (Å²) >= 11 is 0. The van der Waals surface area contributed by atoms with E-state index in [0.29, 0.717) is 17.9 Å². The molecular weight excluding hydrogens is 412 g/mol. The van der Waals surface area contributed by atoms with Crippen LogP contribution in [0.5, 0.6) is 11.5 Å². The zero-order valence-corrected chi connectivity index (χ0v) is 20.2. The van der Waals surface area contributed by atoms with Crippen LogP contribution in [0.3, 0.4) is 0 Å². The van der Waals surface area contributed by atoms with Gasteiger partial charge in [-0.1, -0.05) is 25.0 Å². The summed E-state index contributed by atoms with van der Waals surface area (Å²) in [6.07, 6.45) is 13.6. The monoisotopic (exact) mass is 450 g/mol. The molecule has 0 aromatic heterocycles. The van der Waals surface area contributed by atoms with E-state index in [1.165, 1.54) is 62.5 Å². The minimum absolute atomic E-state index is 0.0598. The predicted octanol–water partition coefficient (Wildman–Crippen LogP) is 5.46.